The standard InChI is InChI=1S/C23H20Cl2N6O2/c24-17-8-6-16(7-9-17)22-27-20(33-28-22)15-29-10-12-30(13-11-29)19-14-26-31(23(32)21(19)25)18-4-2-1-3-5-18/h1-9,14H,10-13,15H2. The lowest BCUT2D eigenvalue weighted by Crippen LogP contribution is -2.46. The third-order valence-corrected chi connectivity index (χ3v) is 6.15. The minimum absolute atomic E-state index is 0.173. The van der Waals surface area contributed by atoms with Crippen molar-refractivity contribution < 1.29 is 4.52 Å². The van der Waals surface area contributed by atoms with Crippen molar-refractivity contribution in [2.75, 3.05) is 31.1 Å². The molecular formula is C23H20Cl2N6O2. The normalized spacial score (nSPS) is 14.5. The predicted molar refractivity (Wildman–Crippen MR) is 127 cm³/mol. The first-order valence-electron chi connectivity index (χ1n) is 10.5. The molecule has 0 atom stereocenters. The zero-order valence-corrected chi connectivity index (χ0v) is 19.1. The lowest BCUT2D eigenvalue weighted by molar-refractivity contribution is 0.215. The van der Waals surface area contributed by atoms with Gasteiger partial charge in [-0.15, -0.1) is 0 Å². The molecule has 8 nitrogen and oxygen atoms in total. The zero-order chi connectivity index (χ0) is 22.8. The average Bonchev–Trinajstić information content (AvgIpc) is 3.31. The third kappa shape index (κ3) is 4.64. The summed E-state index contributed by atoms with van der Waals surface area (Å²) in [6.45, 7) is 3.48. The van der Waals surface area contributed by atoms with Gasteiger partial charge in [-0.1, -0.05) is 46.6 Å². The highest BCUT2D eigenvalue weighted by atomic mass is 35.5. The summed E-state index contributed by atoms with van der Waals surface area (Å²) < 4.78 is 6.74. The molecule has 0 aliphatic carbocycles. The first-order chi connectivity index (χ1) is 16.1. The second-order valence-electron chi connectivity index (χ2n) is 7.68. The quantitative estimate of drug-likeness (QED) is 0.426. The molecule has 2 aromatic carbocycles. The summed E-state index contributed by atoms with van der Waals surface area (Å²) >= 11 is 12.4. The highest BCUT2D eigenvalue weighted by Gasteiger charge is 2.23. The Morgan fingerprint density at radius 1 is 0.939 bits per heavy atom. The molecule has 5 rings (SSSR count). The van der Waals surface area contributed by atoms with E-state index in [-0.39, 0.29) is 10.6 Å². The largest absolute Gasteiger partial charge is 0.366 e. The summed E-state index contributed by atoms with van der Waals surface area (Å²) in [5.74, 6) is 1.09. The number of piperazine rings is 1. The van der Waals surface area contributed by atoms with Crippen molar-refractivity contribution >= 4 is 28.9 Å². The number of hydrogen-bond acceptors (Lipinski definition) is 7. The highest BCUT2D eigenvalue weighted by molar-refractivity contribution is 6.33. The molecule has 1 fully saturated rings. The van der Waals surface area contributed by atoms with E-state index >= 15 is 0 Å². The Hall–Kier alpha value is -3.20. The summed E-state index contributed by atoms with van der Waals surface area (Å²) in [6.07, 6.45) is 1.66. The monoisotopic (exact) mass is 482 g/mol. The number of para-hydroxylation sites is 1. The van der Waals surface area contributed by atoms with E-state index in [0.29, 0.717) is 47.7 Å². The minimum Gasteiger partial charge on any atom is -0.366 e. The maximum absolute atomic E-state index is 12.8. The van der Waals surface area contributed by atoms with Crippen LogP contribution in [0.1, 0.15) is 5.89 Å². The number of aromatic nitrogens is 4. The molecule has 1 saturated heterocycles. The number of rotatable bonds is 5. The molecule has 0 amide bonds. The molecule has 0 N–H and O–H groups in total. The summed E-state index contributed by atoms with van der Waals surface area (Å²) in [5.41, 5.74) is 1.85. The smallest absolute Gasteiger partial charge is 0.292 e. The van der Waals surface area contributed by atoms with E-state index in [1.54, 1.807) is 18.3 Å². The molecule has 4 aromatic rings. The van der Waals surface area contributed by atoms with Gasteiger partial charge in [-0.05, 0) is 36.4 Å². The molecule has 0 spiro atoms. The van der Waals surface area contributed by atoms with E-state index in [4.69, 9.17) is 27.7 Å². The Kier molecular flexibility index (Phi) is 6.13. The van der Waals surface area contributed by atoms with E-state index in [1.165, 1.54) is 4.68 Å². The van der Waals surface area contributed by atoms with Crippen LogP contribution in [0.3, 0.4) is 0 Å². The molecule has 2 aromatic heterocycles. The Bertz CT molecular complexity index is 1300. The van der Waals surface area contributed by atoms with E-state index in [9.17, 15) is 4.79 Å². The van der Waals surface area contributed by atoms with E-state index < -0.39 is 0 Å². The molecular weight excluding hydrogens is 463 g/mol. The van der Waals surface area contributed by atoms with Gasteiger partial charge >= 0.3 is 0 Å². The van der Waals surface area contributed by atoms with Gasteiger partial charge in [0.15, 0.2) is 0 Å². The summed E-state index contributed by atoms with van der Waals surface area (Å²) in [5, 5.41) is 9.23. The van der Waals surface area contributed by atoms with Crippen LogP contribution >= 0.6 is 23.2 Å². The molecule has 3 heterocycles. The fourth-order valence-electron chi connectivity index (χ4n) is 3.77. The van der Waals surface area contributed by atoms with Crippen LogP contribution in [0, 0.1) is 0 Å². The number of nitrogens with zero attached hydrogens (tertiary/aromatic N) is 6. The van der Waals surface area contributed by atoms with Crippen LogP contribution in [0.2, 0.25) is 10.0 Å². The van der Waals surface area contributed by atoms with Crippen LogP contribution in [0.25, 0.3) is 17.1 Å². The van der Waals surface area contributed by atoms with Crippen molar-refractivity contribution in [1.29, 1.82) is 0 Å². The molecule has 0 bridgehead atoms. The molecule has 0 radical (unpaired) electrons. The van der Waals surface area contributed by atoms with Crippen molar-refractivity contribution in [3.8, 4) is 17.1 Å². The Morgan fingerprint density at radius 3 is 2.39 bits per heavy atom. The van der Waals surface area contributed by atoms with Crippen LogP contribution in [-0.2, 0) is 6.54 Å². The molecule has 10 heteroatoms. The highest BCUT2D eigenvalue weighted by Crippen LogP contribution is 2.24. The molecule has 1 aliphatic rings. The van der Waals surface area contributed by atoms with Crippen LogP contribution in [0.15, 0.2) is 70.1 Å². The molecule has 1 aliphatic heterocycles. The Labute approximate surface area is 200 Å². The van der Waals surface area contributed by atoms with Crippen LogP contribution < -0.4 is 10.5 Å². The van der Waals surface area contributed by atoms with Gasteiger partial charge in [0.25, 0.3) is 5.56 Å². The number of hydrogen-bond donors (Lipinski definition) is 0. The minimum atomic E-state index is -0.330. The first-order valence-corrected chi connectivity index (χ1v) is 11.2. The van der Waals surface area contributed by atoms with Gasteiger partial charge in [0, 0.05) is 36.8 Å². The van der Waals surface area contributed by atoms with Crippen molar-refractivity contribution in [3.63, 3.8) is 0 Å². The summed E-state index contributed by atoms with van der Waals surface area (Å²) in [6, 6.07) is 16.5. The maximum atomic E-state index is 12.8. The van der Waals surface area contributed by atoms with Gasteiger partial charge in [-0.25, -0.2) is 0 Å². The molecule has 168 valence electrons. The Morgan fingerprint density at radius 2 is 1.67 bits per heavy atom. The van der Waals surface area contributed by atoms with E-state index in [0.717, 1.165) is 18.7 Å². The van der Waals surface area contributed by atoms with Crippen LogP contribution in [0.4, 0.5) is 5.69 Å². The van der Waals surface area contributed by atoms with E-state index in [2.05, 4.69) is 25.0 Å². The second kappa shape index (κ2) is 9.35. The summed E-state index contributed by atoms with van der Waals surface area (Å²) in [7, 11) is 0. The van der Waals surface area contributed by atoms with Crippen molar-refractivity contribution in [2.24, 2.45) is 0 Å². The second-order valence-corrected chi connectivity index (χ2v) is 8.49. The summed E-state index contributed by atoms with van der Waals surface area (Å²) in [4.78, 5) is 21.6. The van der Waals surface area contributed by atoms with Gasteiger partial charge in [-0.2, -0.15) is 14.8 Å². The topological polar surface area (TPSA) is 80.3 Å². The third-order valence-electron chi connectivity index (χ3n) is 5.54. The lowest BCUT2D eigenvalue weighted by atomic mass is 10.2. The fraction of sp³-hybridized carbons (Fsp3) is 0.217. The van der Waals surface area contributed by atoms with Crippen molar-refractivity contribution in [1.82, 2.24) is 24.8 Å². The fourth-order valence-corrected chi connectivity index (χ4v) is 4.15. The lowest BCUT2D eigenvalue weighted by Gasteiger charge is -2.35. The average molecular weight is 483 g/mol. The first kappa shape index (κ1) is 21.6. The van der Waals surface area contributed by atoms with E-state index in [1.807, 2.05) is 42.5 Å². The zero-order valence-electron chi connectivity index (χ0n) is 17.6. The number of halogens is 2. The molecule has 0 unspecified atom stereocenters. The van der Waals surface area contributed by atoms with Gasteiger partial charge in [0.1, 0.15) is 5.02 Å². The van der Waals surface area contributed by atoms with Crippen LogP contribution in [-0.4, -0.2) is 51.0 Å². The van der Waals surface area contributed by atoms with Gasteiger partial charge < -0.3 is 9.42 Å². The number of benzene rings is 2. The molecule has 33 heavy (non-hydrogen) atoms. The van der Waals surface area contributed by atoms with Crippen LogP contribution in [0.5, 0.6) is 0 Å². The SMILES string of the molecule is O=c1c(Cl)c(N2CCN(Cc3nc(-c4ccc(Cl)cc4)no3)CC2)cnn1-c1ccccc1. The predicted octanol–water partition coefficient (Wildman–Crippen LogP) is 3.91. The van der Waals surface area contributed by atoms with Gasteiger partial charge in [-0.3, -0.25) is 9.69 Å². The molecule has 0 saturated carbocycles. The van der Waals surface area contributed by atoms with Crippen molar-refractivity contribution in [2.45, 2.75) is 6.54 Å². The van der Waals surface area contributed by atoms with Gasteiger partial charge in [0.2, 0.25) is 11.7 Å². The van der Waals surface area contributed by atoms with Crippen molar-refractivity contribution in [3.05, 3.63) is 87.1 Å². The number of anilines is 1. The maximum Gasteiger partial charge on any atom is 0.292 e. The Balaban J connectivity index is 1.23. The van der Waals surface area contributed by atoms with Gasteiger partial charge in [0.05, 0.1) is 24.1 Å².